The van der Waals surface area contributed by atoms with Crippen LogP contribution in [0.25, 0.3) is 21.9 Å². The molecule has 296 valence electrons. The first-order chi connectivity index (χ1) is 28.2. The van der Waals surface area contributed by atoms with E-state index in [2.05, 4.69) is 30.6 Å². The number of hydrogen-bond acceptors (Lipinski definition) is 3. The van der Waals surface area contributed by atoms with Crippen molar-refractivity contribution in [2.45, 2.75) is 32.6 Å². The maximum atomic E-state index is 13.8. The molecule has 1 unspecified atom stereocenters. The monoisotopic (exact) mass is 795 g/mol. The van der Waals surface area contributed by atoms with Crippen LogP contribution in [0.1, 0.15) is 48.1 Å². The Kier molecular flexibility index (Phi) is 11.4. The lowest BCUT2D eigenvalue weighted by molar-refractivity contribution is -0.143. The van der Waals surface area contributed by atoms with Crippen molar-refractivity contribution in [3.63, 3.8) is 0 Å². The number of alkyl halides is 6. The van der Waals surface area contributed by atoms with E-state index in [1.54, 1.807) is 42.5 Å². The Balaban J connectivity index is 1.29. The zero-order chi connectivity index (χ0) is 41.9. The van der Waals surface area contributed by atoms with Gasteiger partial charge < -0.3 is 4.90 Å². The van der Waals surface area contributed by atoms with Gasteiger partial charge in [-0.2, -0.15) is 26.3 Å². The highest BCUT2D eigenvalue weighted by molar-refractivity contribution is 6.18. The Hall–Kier alpha value is -6.74. The molecule has 1 heterocycles. The summed E-state index contributed by atoms with van der Waals surface area (Å²) in [6.07, 6.45) is 9.18. The zero-order valence-electron chi connectivity index (χ0n) is 32.2. The second kappa shape index (κ2) is 16.6. The molecule has 0 radical (unpaired) electrons. The van der Waals surface area contributed by atoms with Gasteiger partial charge in [-0.15, -0.1) is 0 Å². The number of nitrogens with zero attached hydrogens (tertiary/aromatic N) is 2. The molecule has 0 fully saturated rings. The molecule has 3 nitrogen and oxygen atoms in total. The van der Waals surface area contributed by atoms with Crippen molar-refractivity contribution in [2.24, 2.45) is 10.9 Å². The number of aliphatic imine (C=N–C) groups is 1. The van der Waals surface area contributed by atoms with Gasteiger partial charge in [0.2, 0.25) is 0 Å². The number of benzene rings is 5. The number of hydrogen-bond donors (Lipinski definition) is 1. The molecule has 1 aliphatic heterocycles. The first-order valence-corrected chi connectivity index (χ1v) is 19.0. The highest BCUT2D eigenvalue weighted by atomic mass is 19.4. The molecule has 5 aromatic carbocycles. The van der Waals surface area contributed by atoms with Gasteiger partial charge in [-0.1, -0.05) is 117 Å². The van der Waals surface area contributed by atoms with Crippen LogP contribution >= 0.6 is 0 Å². The Morgan fingerprint density at radius 1 is 0.780 bits per heavy atom. The Morgan fingerprint density at radius 3 is 2.14 bits per heavy atom. The number of nitrogens with one attached hydrogen (secondary N) is 1. The molecule has 1 N–H and O–H groups in total. The second-order valence-corrected chi connectivity index (χ2v) is 14.3. The lowest BCUT2D eigenvalue weighted by Gasteiger charge is -2.31. The van der Waals surface area contributed by atoms with E-state index in [0.717, 1.165) is 34.3 Å². The molecule has 0 saturated carbocycles. The fourth-order valence-corrected chi connectivity index (χ4v) is 7.41. The minimum atomic E-state index is -5.05. The third kappa shape index (κ3) is 8.75. The highest BCUT2D eigenvalue weighted by Crippen LogP contribution is 2.40. The molecule has 9 heteroatoms. The van der Waals surface area contributed by atoms with Gasteiger partial charge in [-0.3, -0.25) is 5.41 Å². The zero-order valence-corrected chi connectivity index (χ0v) is 32.2. The van der Waals surface area contributed by atoms with Gasteiger partial charge in [0.1, 0.15) is 0 Å². The van der Waals surface area contributed by atoms with Crippen molar-refractivity contribution < 1.29 is 26.3 Å². The minimum Gasteiger partial charge on any atom is -0.317 e. The molecule has 0 spiro atoms. The van der Waals surface area contributed by atoms with Crippen LogP contribution in [0.4, 0.5) is 32.0 Å². The molecule has 0 saturated heterocycles. The minimum absolute atomic E-state index is 0.0689. The average Bonchev–Trinajstić information content (AvgIpc) is 3.22. The van der Waals surface area contributed by atoms with Crippen molar-refractivity contribution >= 4 is 27.9 Å². The summed E-state index contributed by atoms with van der Waals surface area (Å²) in [7, 11) is 0. The van der Waals surface area contributed by atoms with Crippen LogP contribution in [0.3, 0.4) is 0 Å². The molecule has 59 heavy (non-hydrogen) atoms. The van der Waals surface area contributed by atoms with Gasteiger partial charge in [0.15, 0.2) is 0 Å². The first kappa shape index (κ1) is 40.5. The van der Waals surface area contributed by atoms with Crippen LogP contribution in [0.2, 0.25) is 0 Å². The summed E-state index contributed by atoms with van der Waals surface area (Å²) in [5.74, 6) is 0.297. The normalized spacial score (nSPS) is 17.6. The van der Waals surface area contributed by atoms with Gasteiger partial charge in [-0.25, -0.2) is 4.99 Å². The van der Waals surface area contributed by atoms with E-state index in [9.17, 15) is 26.3 Å². The smallest absolute Gasteiger partial charge is 0.317 e. The van der Waals surface area contributed by atoms with Gasteiger partial charge in [0.05, 0.1) is 28.2 Å². The summed E-state index contributed by atoms with van der Waals surface area (Å²) >= 11 is 0. The van der Waals surface area contributed by atoms with Crippen LogP contribution in [0, 0.1) is 11.3 Å². The van der Waals surface area contributed by atoms with Crippen molar-refractivity contribution in [2.75, 3.05) is 0 Å². The molecule has 1 aliphatic carbocycles. The van der Waals surface area contributed by atoms with Crippen LogP contribution in [-0.2, 0) is 12.4 Å². The van der Waals surface area contributed by atoms with Gasteiger partial charge >= 0.3 is 12.4 Å². The van der Waals surface area contributed by atoms with Crippen LogP contribution in [0.15, 0.2) is 198 Å². The maximum absolute atomic E-state index is 13.8. The quantitative estimate of drug-likeness (QED) is 0.0948. The number of halogens is 6. The maximum Gasteiger partial charge on any atom is 0.416 e. The molecule has 0 aromatic heterocycles. The molecule has 2 aliphatic rings. The van der Waals surface area contributed by atoms with Crippen molar-refractivity contribution in [3.8, 4) is 11.1 Å². The Labute approximate surface area is 339 Å². The number of rotatable bonds is 8. The molecular weight excluding hydrogens is 757 g/mol. The van der Waals surface area contributed by atoms with Gasteiger partial charge in [0, 0.05) is 34.3 Å². The summed E-state index contributed by atoms with van der Waals surface area (Å²) in [6, 6.07) is 28.7. The third-order valence-corrected chi connectivity index (χ3v) is 10.3. The number of fused-ring (bicyclic) bond motifs is 1. The molecule has 5 aromatic rings. The van der Waals surface area contributed by atoms with Gasteiger partial charge in [-0.05, 0) is 107 Å². The number of allylic oxidation sites excluding steroid dienone is 10. The first-order valence-electron chi connectivity index (χ1n) is 19.0. The Morgan fingerprint density at radius 2 is 1.46 bits per heavy atom. The van der Waals surface area contributed by atoms with E-state index in [-0.39, 0.29) is 11.6 Å². The van der Waals surface area contributed by atoms with E-state index < -0.39 is 34.8 Å². The molecule has 0 bridgehead atoms. The summed E-state index contributed by atoms with van der Waals surface area (Å²) in [6.45, 7) is 8.52. The summed E-state index contributed by atoms with van der Waals surface area (Å²) in [5, 5.41) is 10.5. The standard InChI is InChI=1S/C50H39F6N3/c1-4-41(59-28-11-10-13-32(2)46-33(3)14-12-19-45(46)59)25-27-44(35-16-6-5-7-17-35)58-40-23-20-36(21-24-40)47-42-18-9-8-15-34(42)22-26-43(47)48(57)37-29-38(49(51,52)53)31-39(30-37)50(54,55)56/h4-13,15-31,33,57H,2,14H2,1,3H3/b13-10-,27-25-,28-11-,41-4+,57-48?,58-44?. The third-order valence-electron chi connectivity index (χ3n) is 10.3. The topological polar surface area (TPSA) is 39.5 Å². The summed E-state index contributed by atoms with van der Waals surface area (Å²) < 4.78 is 83.0. The summed E-state index contributed by atoms with van der Waals surface area (Å²) in [5.41, 5.74) is 3.62. The van der Waals surface area contributed by atoms with Crippen LogP contribution < -0.4 is 0 Å². The molecule has 7 rings (SSSR count). The predicted molar refractivity (Wildman–Crippen MR) is 227 cm³/mol. The van der Waals surface area contributed by atoms with E-state index in [1.807, 2.05) is 98.1 Å². The van der Waals surface area contributed by atoms with Crippen molar-refractivity contribution in [1.29, 1.82) is 5.41 Å². The second-order valence-electron chi connectivity index (χ2n) is 14.3. The van der Waals surface area contributed by atoms with Crippen molar-refractivity contribution in [1.82, 2.24) is 4.90 Å². The highest BCUT2D eigenvalue weighted by Gasteiger charge is 2.37. The molecule has 0 amide bonds. The Bertz CT molecular complexity index is 2620. The van der Waals surface area contributed by atoms with Crippen LogP contribution in [-0.4, -0.2) is 16.3 Å². The molecule has 1 atom stereocenters. The fraction of sp³-hybridized carbons (Fsp3) is 0.120. The lowest BCUT2D eigenvalue weighted by atomic mass is 9.85. The van der Waals surface area contributed by atoms with E-state index in [1.165, 1.54) is 5.57 Å². The fourth-order valence-electron chi connectivity index (χ4n) is 7.41. The van der Waals surface area contributed by atoms with E-state index >= 15 is 0 Å². The van der Waals surface area contributed by atoms with E-state index in [4.69, 9.17) is 10.4 Å². The van der Waals surface area contributed by atoms with Crippen molar-refractivity contribution in [3.05, 3.63) is 221 Å². The SMILES string of the molecule is C=C1/C=C\C=C/N(C(/C=C\C(=Nc2ccc(-c3c(C(=N)c4cc(C(F)(F)F)cc(C(F)(F)F)c4)ccc4ccccc34)cc2)c2ccccc2)=C/C)C2=C1C(C)CC=C2. The lowest BCUT2D eigenvalue weighted by Crippen LogP contribution is -2.21. The summed E-state index contributed by atoms with van der Waals surface area (Å²) in [4.78, 5) is 7.19. The average molecular weight is 796 g/mol. The largest absolute Gasteiger partial charge is 0.416 e. The predicted octanol–water partition coefficient (Wildman–Crippen LogP) is 14.3. The van der Waals surface area contributed by atoms with Gasteiger partial charge in [0.25, 0.3) is 0 Å². The van der Waals surface area contributed by atoms with Crippen LogP contribution in [0.5, 0.6) is 0 Å². The molecular formula is C50H39F6N3. The van der Waals surface area contributed by atoms with E-state index in [0.29, 0.717) is 46.0 Å².